The van der Waals surface area contributed by atoms with Crippen LogP contribution in [0.5, 0.6) is 0 Å². The number of methoxy groups -OCH3 is 1. The Morgan fingerprint density at radius 2 is 1.84 bits per heavy atom. The molecule has 0 aromatic rings. The lowest BCUT2D eigenvalue weighted by molar-refractivity contribution is -0.161. The van der Waals surface area contributed by atoms with Crippen LogP contribution in [0.25, 0.3) is 0 Å². The van der Waals surface area contributed by atoms with Gasteiger partial charge in [-0.1, -0.05) is 34.1 Å². The van der Waals surface area contributed by atoms with E-state index in [1.807, 2.05) is 7.11 Å². The number of hydrogen-bond acceptors (Lipinski definition) is 1. The van der Waals surface area contributed by atoms with Crippen LogP contribution in [0.1, 0.15) is 85.5 Å². The highest BCUT2D eigenvalue weighted by atomic mass is 16.5. The van der Waals surface area contributed by atoms with E-state index in [4.69, 9.17) is 4.74 Å². The molecule has 5 rings (SSSR count). The Hall–Kier alpha value is -0.0400. The van der Waals surface area contributed by atoms with Crippen LogP contribution >= 0.6 is 0 Å². The van der Waals surface area contributed by atoms with Crippen molar-refractivity contribution in [3.05, 3.63) is 0 Å². The second-order valence-electron chi connectivity index (χ2n) is 11.3. The monoisotopic (exact) mass is 344 g/mol. The van der Waals surface area contributed by atoms with Gasteiger partial charge in [0.05, 0.1) is 6.10 Å². The Balaban J connectivity index is 1.49. The van der Waals surface area contributed by atoms with Crippen LogP contribution in [0.15, 0.2) is 0 Å². The van der Waals surface area contributed by atoms with Gasteiger partial charge in [0.25, 0.3) is 0 Å². The van der Waals surface area contributed by atoms with Crippen molar-refractivity contribution < 1.29 is 4.74 Å². The molecule has 0 heterocycles. The normalized spacial score (nSPS) is 60.4. The Morgan fingerprint density at radius 3 is 2.52 bits per heavy atom. The zero-order valence-corrected chi connectivity index (χ0v) is 17.3. The van der Waals surface area contributed by atoms with Gasteiger partial charge in [-0.2, -0.15) is 0 Å². The van der Waals surface area contributed by atoms with E-state index in [0.717, 1.165) is 35.5 Å². The lowest BCUT2D eigenvalue weighted by Gasteiger charge is -2.61. The highest BCUT2D eigenvalue weighted by Gasteiger charge is 2.77. The third-order valence-corrected chi connectivity index (χ3v) is 11.2. The van der Waals surface area contributed by atoms with Crippen LogP contribution in [-0.2, 0) is 4.74 Å². The fourth-order valence-electron chi connectivity index (χ4n) is 9.84. The van der Waals surface area contributed by atoms with Crippen molar-refractivity contribution in [1.82, 2.24) is 0 Å². The van der Waals surface area contributed by atoms with Crippen molar-refractivity contribution in [1.29, 1.82) is 0 Å². The molecule has 5 fully saturated rings. The highest BCUT2D eigenvalue weighted by Crippen LogP contribution is 2.82. The predicted octanol–water partition coefficient (Wildman–Crippen LogP) is 6.32. The standard InChI is InChI=1S/C24H40O/c1-6-15(2)18-7-8-19-17-13-21(25-5)24-14-16(24)9-12-23(24,4)20(17)10-11-22(18,19)3/h15-21H,6-14H2,1-5H3. The van der Waals surface area contributed by atoms with Crippen molar-refractivity contribution in [3.8, 4) is 0 Å². The van der Waals surface area contributed by atoms with Gasteiger partial charge < -0.3 is 4.74 Å². The SMILES string of the molecule is CCC(C)C1CCC2C3CC(OC)C45CC4CCC5(C)C3CCC12C. The molecule has 0 N–H and O–H groups in total. The van der Waals surface area contributed by atoms with Gasteiger partial charge >= 0.3 is 0 Å². The minimum Gasteiger partial charge on any atom is -0.381 e. The van der Waals surface area contributed by atoms with Crippen molar-refractivity contribution in [2.24, 2.45) is 51.8 Å². The maximum absolute atomic E-state index is 6.24. The lowest BCUT2D eigenvalue weighted by atomic mass is 9.45. The summed E-state index contributed by atoms with van der Waals surface area (Å²) in [4.78, 5) is 0. The van der Waals surface area contributed by atoms with E-state index in [9.17, 15) is 0 Å². The molecule has 0 aromatic carbocycles. The molecule has 10 unspecified atom stereocenters. The maximum Gasteiger partial charge on any atom is 0.0638 e. The summed E-state index contributed by atoms with van der Waals surface area (Å²) in [5.74, 6) is 5.83. The topological polar surface area (TPSA) is 9.23 Å². The average Bonchev–Trinajstić information content (AvgIpc) is 3.12. The quantitative estimate of drug-likeness (QED) is 0.582. The molecular formula is C24H40O. The number of ether oxygens (including phenoxy) is 1. The van der Waals surface area contributed by atoms with Crippen molar-refractivity contribution in [2.75, 3.05) is 7.11 Å². The van der Waals surface area contributed by atoms with Gasteiger partial charge in [0, 0.05) is 12.5 Å². The predicted molar refractivity (Wildman–Crippen MR) is 103 cm³/mol. The van der Waals surface area contributed by atoms with Crippen LogP contribution in [-0.4, -0.2) is 13.2 Å². The molecule has 0 radical (unpaired) electrons. The Kier molecular flexibility index (Phi) is 3.60. The minimum absolute atomic E-state index is 0.566. The largest absolute Gasteiger partial charge is 0.381 e. The van der Waals surface area contributed by atoms with Gasteiger partial charge in [-0.25, -0.2) is 0 Å². The van der Waals surface area contributed by atoms with Crippen LogP contribution in [0.2, 0.25) is 0 Å². The first kappa shape index (κ1) is 17.1. The molecule has 142 valence electrons. The van der Waals surface area contributed by atoms with E-state index >= 15 is 0 Å². The lowest BCUT2D eigenvalue weighted by Crippen LogP contribution is -2.57. The first-order chi connectivity index (χ1) is 11.9. The molecule has 0 aliphatic heterocycles. The van der Waals surface area contributed by atoms with Gasteiger partial charge in [-0.15, -0.1) is 0 Å². The zero-order valence-electron chi connectivity index (χ0n) is 17.3. The van der Waals surface area contributed by atoms with E-state index in [0.29, 0.717) is 22.3 Å². The summed E-state index contributed by atoms with van der Waals surface area (Å²) in [7, 11) is 2.02. The molecule has 1 spiro atoms. The Bertz CT molecular complexity index is 556. The molecule has 5 aliphatic rings. The Morgan fingerprint density at radius 1 is 1.04 bits per heavy atom. The molecule has 1 nitrogen and oxygen atoms in total. The first-order valence-corrected chi connectivity index (χ1v) is 11.4. The van der Waals surface area contributed by atoms with E-state index in [2.05, 4.69) is 27.7 Å². The fraction of sp³-hybridized carbons (Fsp3) is 1.00. The maximum atomic E-state index is 6.24. The minimum atomic E-state index is 0.566. The summed E-state index contributed by atoms with van der Waals surface area (Å²) in [5.41, 5.74) is 1.81. The van der Waals surface area contributed by atoms with E-state index in [1.54, 1.807) is 0 Å². The molecule has 0 saturated heterocycles. The summed E-state index contributed by atoms with van der Waals surface area (Å²) in [6.45, 7) is 10.3. The van der Waals surface area contributed by atoms with Crippen LogP contribution in [0, 0.1) is 51.8 Å². The van der Waals surface area contributed by atoms with Gasteiger partial charge in [-0.05, 0) is 97.7 Å². The van der Waals surface area contributed by atoms with E-state index < -0.39 is 0 Å². The third-order valence-electron chi connectivity index (χ3n) is 11.2. The summed E-state index contributed by atoms with van der Waals surface area (Å²) in [5, 5.41) is 0. The Labute approximate surface area is 155 Å². The summed E-state index contributed by atoms with van der Waals surface area (Å²) < 4.78 is 6.24. The van der Waals surface area contributed by atoms with E-state index in [1.165, 1.54) is 57.8 Å². The number of fused-ring (bicyclic) bond motifs is 4. The molecule has 25 heavy (non-hydrogen) atoms. The molecule has 5 aliphatic carbocycles. The first-order valence-electron chi connectivity index (χ1n) is 11.4. The van der Waals surface area contributed by atoms with Crippen molar-refractivity contribution in [2.45, 2.75) is 91.6 Å². The van der Waals surface area contributed by atoms with Crippen LogP contribution < -0.4 is 0 Å². The molecular weight excluding hydrogens is 304 g/mol. The van der Waals surface area contributed by atoms with Gasteiger partial charge in [0.15, 0.2) is 0 Å². The molecule has 0 bridgehead atoms. The second-order valence-corrected chi connectivity index (χ2v) is 11.3. The average molecular weight is 345 g/mol. The smallest absolute Gasteiger partial charge is 0.0638 e. The molecule has 0 amide bonds. The third kappa shape index (κ3) is 1.85. The number of hydrogen-bond donors (Lipinski definition) is 0. The van der Waals surface area contributed by atoms with Crippen molar-refractivity contribution >= 4 is 0 Å². The molecule has 5 saturated carbocycles. The summed E-state index contributed by atoms with van der Waals surface area (Å²) in [6, 6.07) is 0. The second kappa shape index (κ2) is 5.27. The van der Waals surface area contributed by atoms with Crippen LogP contribution in [0.4, 0.5) is 0 Å². The van der Waals surface area contributed by atoms with Gasteiger partial charge in [0.1, 0.15) is 0 Å². The van der Waals surface area contributed by atoms with E-state index in [-0.39, 0.29) is 0 Å². The van der Waals surface area contributed by atoms with Gasteiger partial charge in [0.2, 0.25) is 0 Å². The van der Waals surface area contributed by atoms with Crippen molar-refractivity contribution in [3.63, 3.8) is 0 Å². The molecule has 10 atom stereocenters. The highest BCUT2D eigenvalue weighted by molar-refractivity contribution is 5.26. The summed E-state index contributed by atoms with van der Waals surface area (Å²) >= 11 is 0. The fourth-order valence-corrected chi connectivity index (χ4v) is 9.84. The van der Waals surface area contributed by atoms with Crippen LogP contribution in [0.3, 0.4) is 0 Å². The molecule has 0 aromatic heterocycles. The molecule has 1 heteroatoms. The zero-order chi connectivity index (χ0) is 17.6. The van der Waals surface area contributed by atoms with Gasteiger partial charge in [-0.3, -0.25) is 0 Å². The summed E-state index contributed by atoms with van der Waals surface area (Å²) in [6.07, 6.45) is 13.9. The number of rotatable bonds is 3.